The highest BCUT2D eigenvalue weighted by atomic mass is 16.4. The molecule has 0 unspecified atom stereocenters. The van der Waals surface area contributed by atoms with E-state index in [-0.39, 0.29) is 6.61 Å². The molecule has 1 saturated heterocycles. The Balaban J connectivity index is 1.96. The quantitative estimate of drug-likeness (QED) is 0.778. The predicted molar refractivity (Wildman–Crippen MR) is 64.5 cm³/mol. The van der Waals surface area contributed by atoms with Gasteiger partial charge in [-0.1, -0.05) is 0 Å². The summed E-state index contributed by atoms with van der Waals surface area (Å²) in [6.45, 7) is 4.64. The molecule has 0 bridgehead atoms. The lowest BCUT2D eigenvalue weighted by atomic mass is 10.4. The summed E-state index contributed by atoms with van der Waals surface area (Å²) >= 11 is 0. The number of furan rings is 1. The molecule has 2 heterocycles. The van der Waals surface area contributed by atoms with Gasteiger partial charge in [0.25, 0.3) is 0 Å². The molecule has 2 rings (SSSR count). The van der Waals surface area contributed by atoms with Crippen LogP contribution in [0.4, 0.5) is 5.88 Å². The van der Waals surface area contributed by atoms with E-state index in [2.05, 4.69) is 9.80 Å². The van der Waals surface area contributed by atoms with Crippen LogP contribution < -0.4 is 4.90 Å². The normalized spacial score (nSPS) is 18.1. The highest BCUT2D eigenvalue weighted by molar-refractivity contribution is 5.71. The van der Waals surface area contributed by atoms with Gasteiger partial charge in [0.05, 0.1) is 6.61 Å². The van der Waals surface area contributed by atoms with Crippen molar-refractivity contribution in [3.63, 3.8) is 0 Å². The fourth-order valence-electron chi connectivity index (χ4n) is 2.13. The fourth-order valence-corrected chi connectivity index (χ4v) is 2.13. The Kier molecular flexibility index (Phi) is 4.17. The molecule has 0 atom stereocenters. The number of aliphatic hydroxyl groups excluding tert-OH is 1. The largest absolute Gasteiger partial charge is 0.438 e. The van der Waals surface area contributed by atoms with E-state index in [1.54, 1.807) is 6.07 Å². The number of β-amino-alcohol motifs (C(OH)–C–C–N with tert-alkyl or cyclic N) is 1. The van der Waals surface area contributed by atoms with Crippen LogP contribution in [0.1, 0.15) is 17.0 Å². The second-order valence-electron chi connectivity index (χ2n) is 4.20. The maximum absolute atomic E-state index is 10.6. The molecule has 1 aromatic heterocycles. The molecule has 5 heteroatoms. The molecular weight excluding hydrogens is 220 g/mol. The van der Waals surface area contributed by atoms with Crippen molar-refractivity contribution < 1.29 is 14.3 Å². The fraction of sp³-hybridized carbons (Fsp3) is 0.583. The summed E-state index contributed by atoms with van der Waals surface area (Å²) < 4.78 is 5.41. The molecule has 1 fully saturated rings. The van der Waals surface area contributed by atoms with Gasteiger partial charge in [-0.25, -0.2) is 0 Å². The van der Waals surface area contributed by atoms with Crippen LogP contribution in [0.3, 0.4) is 0 Å². The second kappa shape index (κ2) is 5.84. The SMILES string of the molecule is O=Cc1ccc(N2CCCN(CCO)CC2)o1. The molecule has 0 aromatic carbocycles. The van der Waals surface area contributed by atoms with E-state index in [0.29, 0.717) is 5.76 Å². The number of hydrogen-bond donors (Lipinski definition) is 1. The van der Waals surface area contributed by atoms with Crippen LogP contribution in [0.2, 0.25) is 0 Å². The standard InChI is InChI=1S/C12H18N2O3/c15-9-8-13-4-1-5-14(7-6-13)12-3-2-11(10-16)17-12/h2-3,10,15H,1,4-9H2. The first-order valence-corrected chi connectivity index (χ1v) is 5.96. The number of carbonyl (C=O) groups is 1. The highest BCUT2D eigenvalue weighted by Gasteiger charge is 2.16. The third kappa shape index (κ3) is 3.08. The molecule has 17 heavy (non-hydrogen) atoms. The van der Waals surface area contributed by atoms with Crippen molar-refractivity contribution in [2.24, 2.45) is 0 Å². The molecule has 1 aliphatic heterocycles. The molecule has 0 amide bonds. The molecule has 0 radical (unpaired) electrons. The van der Waals surface area contributed by atoms with Crippen LogP contribution in [0.5, 0.6) is 0 Å². The topological polar surface area (TPSA) is 56.9 Å². The summed E-state index contributed by atoms with van der Waals surface area (Å²) in [5.41, 5.74) is 0. The van der Waals surface area contributed by atoms with E-state index >= 15 is 0 Å². The Morgan fingerprint density at radius 2 is 2.18 bits per heavy atom. The zero-order valence-electron chi connectivity index (χ0n) is 9.84. The lowest BCUT2D eigenvalue weighted by Crippen LogP contribution is -2.32. The van der Waals surface area contributed by atoms with E-state index in [1.807, 2.05) is 6.07 Å². The summed E-state index contributed by atoms with van der Waals surface area (Å²) in [7, 11) is 0. The smallest absolute Gasteiger partial charge is 0.196 e. The number of anilines is 1. The van der Waals surface area contributed by atoms with Crippen molar-refractivity contribution in [2.45, 2.75) is 6.42 Å². The van der Waals surface area contributed by atoms with Crippen LogP contribution in [0.25, 0.3) is 0 Å². The van der Waals surface area contributed by atoms with Crippen molar-refractivity contribution in [1.82, 2.24) is 4.90 Å². The first-order chi connectivity index (χ1) is 8.33. The number of nitrogens with zero attached hydrogens (tertiary/aromatic N) is 2. The van der Waals surface area contributed by atoms with Crippen LogP contribution in [-0.4, -0.2) is 55.6 Å². The zero-order chi connectivity index (χ0) is 12.1. The van der Waals surface area contributed by atoms with Gasteiger partial charge in [0, 0.05) is 32.2 Å². The Morgan fingerprint density at radius 1 is 1.29 bits per heavy atom. The molecule has 0 saturated carbocycles. The first-order valence-electron chi connectivity index (χ1n) is 5.96. The lowest BCUT2D eigenvalue weighted by Gasteiger charge is -2.20. The Morgan fingerprint density at radius 3 is 2.88 bits per heavy atom. The number of aldehydes is 1. The average molecular weight is 238 g/mol. The van der Waals surface area contributed by atoms with E-state index < -0.39 is 0 Å². The van der Waals surface area contributed by atoms with Crippen LogP contribution >= 0.6 is 0 Å². The molecule has 0 aliphatic carbocycles. The minimum absolute atomic E-state index is 0.204. The third-order valence-corrected chi connectivity index (χ3v) is 3.05. The maximum atomic E-state index is 10.6. The van der Waals surface area contributed by atoms with Gasteiger partial charge in [0.2, 0.25) is 0 Å². The van der Waals surface area contributed by atoms with Gasteiger partial charge in [-0.15, -0.1) is 0 Å². The number of carbonyl (C=O) groups excluding carboxylic acids is 1. The van der Waals surface area contributed by atoms with Crippen molar-refractivity contribution in [3.8, 4) is 0 Å². The Hall–Kier alpha value is -1.33. The molecule has 1 N–H and O–H groups in total. The highest BCUT2D eigenvalue weighted by Crippen LogP contribution is 2.19. The average Bonchev–Trinajstić information content (AvgIpc) is 2.70. The third-order valence-electron chi connectivity index (χ3n) is 3.05. The van der Waals surface area contributed by atoms with Crippen molar-refractivity contribution in [3.05, 3.63) is 17.9 Å². The molecular formula is C12H18N2O3. The molecule has 0 spiro atoms. The molecule has 1 aliphatic rings. The van der Waals surface area contributed by atoms with Crippen molar-refractivity contribution in [1.29, 1.82) is 0 Å². The second-order valence-corrected chi connectivity index (χ2v) is 4.20. The molecule has 94 valence electrons. The Bertz CT molecular complexity index is 364. The summed E-state index contributed by atoms with van der Waals surface area (Å²) in [6, 6.07) is 3.53. The number of rotatable bonds is 4. The van der Waals surface area contributed by atoms with Crippen LogP contribution in [0, 0.1) is 0 Å². The first kappa shape index (κ1) is 12.1. The van der Waals surface area contributed by atoms with Crippen LogP contribution in [-0.2, 0) is 0 Å². The predicted octanol–water partition coefficient (Wildman–Crippen LogP) is 0.597. The summed E-state index contributed by atoms with van der Waals surface area (Å²) in [5.74, 6) is 1.13. The van der Waals surface area contributed by atoms with Crippen molar-refractivity contribution in [2.75, 3.05) is 44.2 Å². The van der Waals surface area contributed by atoms with Gasteiger partial charge in [0.1, 0.15) is 0 Å². The van der Waals surface area contributed by atoms with Gasteiger partial charge in [-0.2, -0.15) is 0 Å². The number of aliphatic hydroxyl groups is 1. The van der Waals surface area contributed by atoms with E-state index in [0.717, 1.165) is 51.3 Å². The molecule has 5 nitrogen and oxygen atoms in total. The van der Waals surface area contributed by atoms with E-state index in [9.17, 15) is 4.79 Å². The lowest BCUT2D eigenvalue weighted by molar-refractivity contribution is 0.110. The van der Waals surface area contributed by atoms with Gasteiger partial charge >= 0.3 is 0 Å². The van der Waals surface area contributed by atoms with E-state index in [4.69, 9.17) is 9.52 Å². The zero-order valence-corrected chi connectivity index (χ0v) is 9.84. The number of hydrogen-bond acceptors (Lipinski definition) is 5. The summed E-state index contributed by atoms with van der Waals surface area (Å²) in [5, 5.41) is 8.92. The maximum Gasteiger partial charge on any atom is 0.196 e. The summed E-state index contributed by atoms with van der Waals surface area (Å²) in [4.78, 5) is 14.9. The molecule has 1 aromatic rings. The van der Waals surface area contributed by atoms with Gasteiger partial charge < -0.3 is 14.4 Å². The minimum atomic E-state index is 0.204. The van der Waals surface area contributed by atoms with E-state index in [1.165, 1.54) is 0 Å². The Labute approximate surface area is 101 Å². The van der Waals surface area contributed by atoms with Gasteiger partial charge in [0.15, 0.2) is 17.9 Å². The van der Waals surface area contributed by atoms with Gasteiger partial charge in [-0.05, 0) is 19.0 Å². The van der Waals surface area contributed by atoms with Crippen molar-refractivity contribution >= 4 is 12.2 Å². The van der Waals surface area contributed by atoms with Gasteiger partial charge in [-0.3, -0.25) is 9.69 Å². The van der Waals surface area contributed by atoms with Crippen LogP contribution in [0.15, 0.2) is 16.5 Å². The monoisotopic (exact) mass is 238 g/mol. The minimum Gasteiger partial charge on any atom is -0.438 e. The summed E-state index contributed by atoms with van der Waals surface area (Å²) in [6.07, 6.45) is 1.76.